The van der Waals surface area contributed by atoms with Crippen molar-refractivity contribution in [2.45, 2.75) is 0 Å². The summed E-state index contributed by atoms with van der Waals surface area (Å²) in [5.41, 5.74) is 3.82. The summed E-state index contributed by atoms with van der Waals surface area (Å²) in [6.45, 7) is 0. The fourth-order valence-electron chi connectivity index (χ4n) is 2.42. The first kappa shape index (κ1) is 19.6. The molecule has 0 unspecified atom stereocenters. The molecule has 0 bridgehead atoms. The van der Waals surface area contributed by atoms with Crippen LogP contribution in [0.4, 0.5) is 0 Å². The van der Waals surface area contributed by atoms with E-state index >= 15 is 0 Å². The summed E-state index contributed by atoms with van der Waals surface area (Å²) in [7, 11) is 1.46. The first-order valence-electron chi connectivity index (χ1n) is 8.64. The molecule has 3 aromatic carbocycles. The van der Waals surface area contributed by atoms with Gasteiger partial charge in [-0.2, -0.15) is 5.10 Å². The van der Waals surface area contributed by atoms with E-state index in [1.165, 1.54) is 37.6 Å². The first-order valence-corrected chi connectivity index (χ1v) is 8.64. The standard InChI is InChI=1S/C22H18N2O5/c1-28-20-13-15(14-23-24-21(26)16-8-10-18(25)11-9-16)7-12-19(20)29-22(27)17-5-3-2-4-6-17/h2-14,25H,1H3,(H,24,26)/b23-14+. The van der Waals surface area contributed by atoms with E-state index in [0.717, 1.165) is 0 Å². The Labute approximate surface area is 167 Å². The predicted octanol–water partition coefficient (Wildman–Crippen LogP) is 3.38. The average molecular weight is 390 g/mol. The maximum atomic E-state index is 12.2. The van der Waals surface area contributed by atoms with Crippen molar-refractivity contribution in [3.05, 3.63) is 89.5 Å². The number of phenolic OH excluding ortho intramolecular Hbond substituents is 1. The molecule has 7 nitrogen and oxygen atoms in total. The van der Waals surface area contributed by atoms with E-state index in [4.69, 9.17) is 9.47 Å². The van der Waals surface area contributed by atoms with Crippen LogP contribution in [0, 0.1) is 0 Å². The molecule has 0 aliphatic carbocycles. The Morgan fingerprint density at radius 3 is 2.34 bits per heavy atom. The van der Waals surface area contributed by atoms with Gasteiger partial charge in [0.15, 0.2) is 11.5 Å². The van der Waals surface area contributed by atoms with E-state index in [-0.39, 0.29) is 11.5 Å². The van der Waals surface area contributed by atoms with Crippen LogP contribution in [0.5, 0.6) is 17.2 Å². The second kappa shape index (κ2) is 9.18. The largest absolute Gasteiger partial charge is 0.508 e. The van der Waals surface area contributed by atoms with Crippen molar-refractivity contribution in [2.24, 2.45) is 5.10 Å². The van der Waals surface area contributed by atoms with Crippen molar-refractivity contribution >= 4 is 18.1 Å². The number of hydrogen-bond acceptors (Lipinski definition) is 6. The van der Waals surface area contributed by atoms with Crippen molar-refractivity contribution < 1.29 is 24.2 Å². The number of amides is 1. The number of hydrogen-bond donors (Lipinski definition) is 2. The number of esters is 1. The molecule has 3 aromatic rings. The summed E-state index contributed by atoms with van der Waals surface area (Å²) in [6, 6.07) is 19.3. The Morgan fingerprint density at radius 2 is 1.66 bits per heavy atom. The lowest BCUT2D eigenvalue weighted by Crippen LogP contribution is -2.17. The number of phenols is 1. The van der Waals surface area contributed by atoms with Gasteiger partial charge in [-0.1, -0.05) is 18.2 Å². The molecule has 2 N–H and O–H groups in total. The number of ether oxygens (including phenoxy) is 2. The van der Waals surface area contributed by atoms with Gasteiger partial charge >= 0.3 is 5.97 Å². The normalized spacial score (nSPS) is 10.5. The Balaban J connectivity index is 1.66. The van der Waals surface area contributed by atoms with Crippen LogP contribution in [0.25, 0.3) is 0 Å². The highest BCUT2D eigenvalue weighted by Gasteiger charge is 2.12. The predicted molar refractivity (Wildman–Crippen MR) is 108 cm³/mol. The van der Waals surface area contributed by atoms with Gasteiger partial charge in [-0.05, 0) is 60.2 Å². The number of carbonyl (C=O) groups is 2. The lowest BCUT2D eigenvalue weighted by Gasteiger charge is -2.10. The highest BCUT2D eigenvalue weighted by Crippen LogP contribution is 2.28. The Morgan fingerprint density at radius 1 is 0.931 bits per heavy atom. The smallest absolute Gasteiger partial charge is 0.343 e. The first-order chi connectivity index (χ1) is 14.1. The zero-order valence-corrected chi connectivity index (χ0v) is 15.5. The molecule has 0 spiro atoms. The zero-order valence-electron chi connectivity index (χ0n) is 15.5. The lowest BCUT2D eigenvalue weighted by molar-refractivity contribution is 0.0729. The molecule has 29 heavy (non-hydrogen) atoms. The van der Waals surface area contributed by atoms with Gasteiger partial charge in [0.05, 0.1) is 18.9 Å². The number of rotatable bonds is 6. The minimum Gasteiger partial charge on any atom is -0.508 e. The van der Waals surface area contributed by atoms with Crippen LogP contribution in [0.3, 0.4) is 0 Å². The van der Waals surface area contributed by atoms with E-state index in [1.54, 1.807) is 42.5 Å². The average Bonchev–Trinajstić information content (AvgIpc) is 2.75. The topological polar surface area (TPSA) is 97.2 Å². The second-order valence-electron chi connectivity index (χ2n) is 5.91. The second-order valence-corrected chi connectivity index (χ2v) is 5.91. The van der Waals surface area contributed by atoms with Gasteiger partial charge in [0.1, 0.15) is 5.75 Å². The SMILES string of the molecule is COc1cc(/C=N/NC(=O)c2ccc(O)cc2)ccc1OC(=O)c1ccccc1. The van der Waals surface area contributed by atoms with E-state index in [2.05, 4.69) is 10.5 Å². The van der Waals surface area contributed by atoms with Gasteiger partial charge in [0.25, 0.3) is 5.91 Å². The number of carbonyl (C=O) groups excluding carboxylic acids is 2. The summed E-state index contributed by atoms with van der Waals surface area (Å²) < 4.78 is 10.7. The zero-order chi connectivity index (χ0) is 20.6. The van der Waals surface area contributed by atoms with Crippen molar-refractivity contribution in [3.8, 4) is 17.2 Å². The van der Waals surface area contributed by atoms with Crippen molar-refractivity contribution in [2.75, 3.05) is 7.11 Å². The highest BCUT2D eigenvalue weighted by molar-refractivity contribution is 5.95. The molecule has 0 radical (unpaired) electrons. The van der Waals surface area contributed by atoms with E-state index in [9.17, 15) is 14.7 Å². The van der Waals surface area contributed by atoms with Crippen molar-refractivity contribution in [1.29, 1.82) is 0 Å². The maximum absolute atomic E-state index is 12.2. The van der Waals surface area contributed by atoms with Crippen LogP contribution in [0.15, 0.2) is 77.9 Å². The molecule has 0 aromatic heterocycles. The molecule has 0 atom stereocenters. The van der Waals surface area contributed by atoms with Crippen LogP contribution in [-0.4, -0.2) is 30.3 Å². The molecule has 3 rings (SSSR count). The van der Waals surface area contributed by atoms with Gasteiger partial charge in [-0.3, -0.25) is 4.79 Å². The Hall–Kier alpha value is -4.13. The fourth-order valence-corrected chi connectivity index (χ4v) is 2.42. The maximum Gasteiger partial charge on any atom is 0.343 e. The third kappa shape index (κ3) is 5.20. The molecule has 1 amide bonds. The highest BCUT2D eigenvalue weighted by atomic mass is 16.6. The van der Waals surface area contributed by atoms with Crippen LogP contribution in [0.1, 0.15) is 26.3 Å². The summed E-state index contributed by atoms with van der Waals surface area (Å²) >= 11 is 0. The Kier molecular flexibility index (Phi) is 6.22. The summed E-state index contributed by atoms with van der Waals surface area (Å²) in [4.78, 5) is 24.2. The molecule has 7 heteroatoms. The number of nitrogens with zero attached hydrogens (tertiary/aromatic N) is 1. The van der Waals surface area contributed by atoms with Gasteiger partial charge in [-0.15, -0.1) is 0 Å². The molecule has 0 aliphatic rings. The summed E-state index contributed by atoms with van der Waals surface area (Å²) in [6.07, 6.45) is 1.43. The molecular formula is C22H18N2O5. The number of benzene rings is 3. The van der Waals surface area contributed by atoms with E-state index < -0.39 is 11.9 Å². The molecule has 0 fully saturated rings. The third-order valence-electron chi connectivity index (χ3n) is 3.91. The Bertz CT molecular complexity index is 1030. The fraction of sp³-hybridized carbons (Fsp3) is 0.0455. The lowest BCUT2D eigenvalue weighted by atomic mass is 10.2. The molecular weight excluding hydrogens is 372 g/mol. The van der Waals surface area contributed by atoms with Gasteiger partial charge in [0.2, 0.25) is 0 Å². The number of methoxy groups -OCH3 is 1. The molecule has 0 aliphatic heterocycles. The molecule has 0 saturated carbocycles. The number of hydrazone groups is 1. The van der Waals surface area contributed by atoms with Gasteiger partial charge in [-0.25, -0.2) is 10.2 Å². The summed E-state index contributed by atoms with van der Waals surface area (Å²) in [5, 5.41) is 13.2. The molecule has 146 valence electrons. The van der Waals surface area contributed by atoms with Crippen LogP contribution in [-0.2, 0) is 0 Å². The van der Waals surface area contributed by atoms with Gasteiger partial charge < -0.3 is 14.6 Å². The number of nitrogens with one attached hydrogen (secondary N) is 1. The molecule has 0 heterocycles. The van der Waals surface area contributed by atoms with Crippen LogP contribution < -0.4 is 14.9 Å². The van der Waals surface area contributed by atoms with Crippen LogP contribution >= 0.6 is 0 Å². The minimum atomic E-state index is -0.494. The number of aromatic hydroxyl groups is 1. The minimum absolute atomic E-state index is 0.0743. The quantitative estimate of drug-likeness (QED) is 0.291. The summed E-state index contributed by atoms with van der Waals surface area (Å²) in [5.74, 6) is -0.215. The van der Waals surface area contributed by atoms with E-state index in [0.29, 0.717) is 22.4 Å². The van der Waals surface area contributed by atoms with Crippen molar-refractivity contribution in [3.63, 3.8) is 0 Å². The molecule has 0 saturated heterocycles. The van der Waals surface area contributed by atoms with E-state index in [1.807, 2.05) is 6.07 Å². The monoisotopic (exact) mass is 390 g/mol. The van der Waals surface area contributed by atoms with Gasteiger partial charge in [0, 0.05) is 5.56 Å². The van der Waals surface area contributed by atoms with Crippen LogP contribution in [0.2, 0.25) is 0 Å². The van der Waals surface area contributed by atoms with Crippen molar-refractivity contribution in [1.82, 2.24) is 5.43 Å². The third-order valence-corrected chi connectivity index (χ3v) is 3.91.